The monoisotopic (exact) mass is 355 g/mol. The van der Waals surface area contributed by atoms with Crippen LogP contribution in [0.15, 0.2) is 32.9 Å². The zero-order chi connectivity index (χ0) is 15.9. The summed E-state index contributed by atoms with van der Waals surface area (Å²) < 4.78 is 6.97. The topological polar surface area (TPSA) is 64.1 Å². The van der Waals surface area contributed by atoms with Crippen molar-refractivity contribution >= 4 is 46.5 Å². The number of rotatable bonds is 7. The molecule has 1 aromatic carbocycles. The molecule has 0 radical (unpaired) electrons. The highest BCUT2D eigenvalue weighted by Crippen LogP contribution is 2.32. The first-order valence-electron chi connectivity index (χ1n) is 6.71. The minimum absolute atomic E-state index is 0.0885. The molecule has 8 heteroatoms. The molecule has 0 saturated carbocycles. The molecule has 0 saturated heterocycles. The Morgan fingerprint density at radius 3 is 2.82 bits per heavy atom. The van der Waals surface area contributed by atoms with E-state index >= 15 is 0 Å². The van der Waals surface area contributed by atoms with Gasteiger partial charge in [0.1, 0.15) is 5.75 Å². The quantitative estimate of drug-likeness (QED) is 0.763. The minimum atomic E-state index is -0.266. The van der Waals surface area contributed by atoms with Crippen molar-refractivity contribution in [1.82, 2.24) is 10.2 Å². The predicted molar refractivity (Wildman–Crippen MR) is 93.2 cm³/mol. The van der Waals surface area contributed by atoms with E-state index in [1.807, 2.05) is 31.2 Å². The van der Waals surface area contributed by atoms with E-state index in [-0.39, 0.29) is 11.2 Å². The van der Waals surface area contributed by atoms with Crippen LogP contribution in [0.4, 0.5) is 5.69 Å². The van der Waals surface area contributed by atoms with Crippen LogP contribution in [0.5, 0.6) is 5.75 Å². The molecule has 0 bridgehead atoms. The van der Waals surface area contributed by atoms with Crippen LogP contribution in [0.25, 0.3) is 0 Å². The lowest BCUT2D eigenvalue weighted by Crippen LogP contribution is -2.22. The van der Waals surface area contributed by atoms with E-state index in [2.05, 4.69) is 22.4 Å². The lowest BCUT2D eigenvalue weighted by atomic mass is 10.3. The van der Waals surface area contributed by atoms with Crippen LogP contribution in [0, 0.1) is 0 Å². The van der Waals surface area contributed by atoms with Crippen molar-refractivity contribution in [3.8, 4) is 5.75 Å². The number of carbonyl (C=O) groups excluding carboxylic acids is 1. The standard InChI is InChI=1S/C14H17N3O2S3/c1-4-20-13-16-17-14(22-13)21-9(2)12(18)15-10-7-5-6-8-11(10)19-3/h5-9H,4H2,1-3H3,(H,15,18). The summed E-state index contributed by atoms with van der Waals surface area (Å²) in [4.78, 5) is 12.3. The maximum Gasteiger partial charge on any atom is 0.237 e. The first-order chi connectivity index (χ1) is 10.6. The van der Waals surface area contributed by atoms with E-state index in [1.54, 1.807) is 18.9 Å². The average Bonchev–Trinajstić information content (AvgIpc) is 2.95. The van der Waals surface area contributed by atoms with Gasteiger partial charge in [-0.2, -0.15) is 0 Å². The molecule has 2 aromatic rings. The number of methoxy groups -OCH3 is 1. The maximum absolute atomic E-state index is 12.3. The van der Waals surface area contributed by atoms with E-state index in [4.69, 9.17) is 4.74 Å². The lowest BCUT2D eigenvalue weighted by molar-refractivity contribution is -0.115. The Kier molecular flexibility index (Phi) is 6.53. The summed E-state index contributed by atoms with van der Waals surface area (Å²) in [6.45, 7) is 3.92. The zero-order valence-electron chi connectivity index (χ0n) is 12.5. The summed E-state index contributed by atoms with van der Waals surface area (Å²) in [6.07, 6.45) is 0. The van der Waals surface area contributed by atoms with Crippen molar-refractivity contribution in [2.75, 3.05) is 18.2 Å². The number of ether oxygens (including phenoxy) is 1. The Morgan fingerprint density at radius 2 is 2.09 bits per heavy atom. The van der Waals surface area contributed by atoms with Crippen LogP contribution >= 0.6 is 34.9 Å². The van der Waals surface area contributed by atoms with Gasteiger partial charge in [-0.25, -0.2) is 0 Å². The number of hydrogen-bond donors (Lipinski definition) is 1. The Labute approximate surface area is 142 Å². The van der Waals surface area contributed by atoms with Gasteiger partial charge in [0.2, 0.25) is 5.91 Å². The van der Waals surface area contributed by atoms with Crippen molar-refractivity contribution in [2.24, 2.45) is 0 Å². The number of amides is 1. The third-order valence-electron chi connectivity index (χ3n) is 2.67. The molecular weight excluding hydrogens is 338 g/mol. The van der Waals surface area contributed by atoms with Gasteiger partial charge in [0.05, 0.1) is 18.0 Å². The molecule has 0 aliphatic rings. The second-order valence-electron chi connectivity index (χ2n) is 4.22. The number of thioether (sulfide) groups is 2. The van der Waals surface area contributed by atoms with E-state index in [1.165, 1.54) is 23.1 Å². The fourth-order valence-corrected chi connectivity index (χ4v) is 4.67. The summed E-state index contributed by atoms with van der Waals surface area (Å²) in [5, 5.41) is 10.8. The van der Waals surface area contributed by atoms with Gasteiger partial charge >= 0.3 is 0 Å². The Hall–Kier alpha value is -1.25. The molecule has 0 fully saturated rings. The molecule has 1 unspecified atom stereocenters. The van der Waals surface area contributed by atoms with Crippen molar-refractivity contribution in [1.29, 1.82) is 0 Å². The number of nitrogens with one attached hydrogen (secondary N) is 1. The first kappa shape index (κ1) is 17.1. The van der Waals surface area contributed by atoms with Crippen LogP contribution < -0.4 is 10.1 Å². The van der Waals surface area contributed by atoms with Crippen LogP contribution in [0.1, 0.15) is 13.8 Å². The SMILES string of the molecule is CCSc1nnc(SC(C)C(=O)Nc2ccccc2OC)s1. The second kappa shape index (κ2) is 8.40. The van der Waals surface area contributed by atoms with Gasteiger partial charge in [-0.05, 0) is 24.8 Å². The fourth-order valence-electron chi connectivity index (χ4n) is 1.61. The molecule has 1 heterocycles. The van der Waals surface area contributed by atoms with Gasteiger partial charge in [-0.15, -0.1) is 10.2 Å². The van der Waals surface area contributed by atoms with Crippen molar-refractivity contribution in [3.63, 3.8) is 0 Å². The molecule has 0 aliphatic heterocycles. The summed E-state index contributed by atoms with van der Waals surface area (Å²) in [5.74, 6) is 1.52. The highest BCUT2D eigenvalue weighted by atomic mass is 32.2. The number of aromatic nitrogens is 2. The van der Waals surface area contributed by atoms with E-state index in [0.29, 0.717) is 11.4 Å². The zero-order valence-corrected chi connectivity index (χ0v) is 15.0. The van der Waals surface area contributed by atoms with Crippen molar-refractivity contribution in [2.45, 2.75) is 27.8 Å². The smallest absolute Gasteiger partial charge is 0.237 e. The highest BCUT2D eigenvalue weighted by molar-refractivity contribution is 8.03. The van der Waals surface area contributed by atoms with Gasteiger partial charge in [-0.1, -0.05) is 53.9 Å². The van der Waals surface area contributed by atoms with Crippen LogP contribution in [-0.2, 0) is 4.79 Å². The molecule has 1 N–H and O–H groups in total. The second-order valence-corrected chi connectivity index (χ2v) is 8.29. The van der Waals surface area contributed by atoms with Crippen LogP contribution in [-0.4, -0.2) is 34.2 Å². The Bertz CT molecular complexity index is 633. The Balaban J connectivity index is 1.96. The number of carbonyl (C=O) groups is 1. The van der Waals surface area contributed by atoms with Gasteiger partial charge in [0.25, 0.3) is 0 Å². The van der Waals surface area contributed by atoms with E-state index in [0.717, 1.165) is 14.4 Å². The Morgan fingerprint density at radius 1 is 1.36 bits per heavy atom. The number of benzene rings is 1. The first-order valence-corrected chi connectivity index (χ1v) is 9.39. The summed E-state index contributed by atoms with van der Waals surface area (Å²) >= 11 is 4.58. The highest BCUT2D eigenvalue weighted by Gasteiger charge is 2.18. The number of nitrogens with zero attached hydrogens (tertiary/aromatic N) is 2. The third kappa shape index (κ3) is 4.62. The van der Waals surface area contributed by atoms with Crippen LogP contribution in [0.2, 0.25) is 0 Å². The summed E-state index contributed by atoms with van der Waals surface area (Å²) in [5.41, 5.74) is 0.668. The molecule has 5 nitrogen and oxygen atoms in total. The van der Waals surface area contributed by atoms with Crippen LogP contribution in [0.3, 0.4) is 0 Å². The molecule has 2 rings (SSSR count). The van der Waals surface area contributed by atoms with E-state index < -0.39 is 0 Å². The van der Waals surface area contributed by atoms with Gasteiger partial charge in [0, 0.05) is 0 Å². The van der Waals surface area contributed by atoms with E-state index in [9.17, 15) is 4.79 Å². The third-order valence-corrected chi connectivity index (χ3v) is 5.79. The fraction of sp³-hybridized carbons (Fsp3) is 0.357. The predicted octanol–water partition coefficient (Wildman–Crippen LogP) is 3.78. The number of hydrogen-bond acceptors (Lipinski definition) is 7. The molecule has 118 valence electrons. The van der Waals surface area contributed by atoms with Gasteiger partial charge < -0.3 is 10.1 Å². The van der Waals surface area contributed by atoms with Gasteiger partial charge in [0.15, 0.2) is 8.68 Å². The van der Waals surface area contributed by atoms with Crippen molar-refractivity contribution in [3.05, 3.63) is 24.3 Å². The number of para-hydroxylation sites is 2. The normalized spacial score (nSPS) is 12.0. The molecule has 0 aliphatic carbocycles. The lowest BCUT2D eigenvalue weighted by Gasteiger charge is -2.12. The molecule has 22 heavy (non-hydrogen) atoms. The largest absolute Gasteiger partial charge is 0.495 e. The molecule has 0 spiro atoms. The minimum Gasteiger partial charge on any atom is -0.495 e. The summed E-state index contributed by atoms with van der Waals surface area (Å²) in [6, 6.07) is 7.34. The van der Waals surface area contributed by atoms with Gasteiger partial charge in [-0.3, -0.25) is 4.79 Å². The maximum atomic E-state index is 12.3. The molecule has 1 atom stereocenters. The van der Waals surface area contributed by atoms with Crippen molar-refractivity contribution < 1.29 is 9.53 Å². The molecule has 1 amide bonds. The molecular formula is C14H17N3O2S3. The summed E-state index contributed by atoms with van der Waals surface area (Å²) in [7, 11) is 1.58. The molecule has 1 aromatic heterocycles. The number of anilines is 1. The average molecular weight is 356 g/mol.